The molecule has 8 nitrogen and oxygen atoms in total. The molecule has 0 atom stereocenters. The molecule has 65 valence electrons. The van der Waals surface area contributed by atoms with E-state index in [9.17, 15) is 0 Å². The van der Waals surface area contributed by atoms with E-state index >= 15 is 0 Å². The minimum Gasteiger partial charge on any atom is -0.822 e. The smallest absolute Gasteiger partial charge is 0.822 e. The van der Waals surface area contributed by atoms with Crippen molar-refractivity contribution in [2.75, 3.05) is 0 Å². The van der Waals surface area contributed by atoms with Crippen molar-refractivity contribution >= 4 is 15.6 Å². The molecule has 0 aliphatic rings. The summed E-state index contributed by atoms with van der Waals surface area (Å²) in [4.78, 5) is 51.3. The van der Waals surface area contributed by atoms with E-state index in [1.807, 2.05) is 0 Å². The van der Waals surface area contributed by atoms with E-state index in [1.54, 1.807) is 0 Å². The first-order chi connectivity index (χ1) is 4.00. The quantitative estimate of drug-likeness (QED) is 0.285. The third kappa shape index (κ3) is 191. The molecular formula is CeNa3O8P2. The summed E-state index contributed by atoms with van der Waals surface area (Å²) in [6, 6.07) is 0. The Morgan fingerprint density at radius 1 is 0.571 bits per heavy atom. The van der Waals surface area contributed by atoms with Crippen molar-refractivity contribution in [3.63, 3.8) is 0 Å². The fourth-order valence-electron chi connectivity index (χ4n) is 0. The molecule has 0 saturated heterocycles. The molecule has 0 heterocycles. The summed E-state index contributed by atoms with van der Waals surface area (Å²) in [5.41, 5.74) is 0. The molecule has 0 aromatic rings. The second kappa shape index (κ2) is 17.6. The summed E-state index contributed by atoms with van der Waals surface area (Å²) in [7, 11) is -10.8. The molecular weight excluding hydrogens is 399 g/mol. The zero-order valence-corrected chi connectivity index (χ0v) is 18.6. The van der Waals surface area contributed by atoms with Crippen LogP contribution < -0.4 is 118 Å². The Labute approximate surface area is 180 Å². The summed E-state index contributed by atoms with van der Waals surface area (Å²) in [5.74, 6) is 0. The van der Waals surface area contributed by atoms with Crippen LogP contribution in [0.4, 0.5) is 0 Å². The first-order valence-corrected chi connectivity index (χ1v) is 4.38. The maximum atomic E-state index is 8.55. The Hall–Kier alpha value is 4.60. The van der Waals surface area contributed by atoms with Crippen LogP contribution in [0, 0.1) is 41.7 Å². The van der Waals surface area contributed by atoms with E-state index < -0.39 is 15.6 Å². The molecule has 0 amide bonds. The Morgan fingerprint density at radius 2 is 0.571 bits per heavy atom. The molecule has 14 heavy (non-hydrogen) atoms. The zero-order valence-electron chi connectivity index (χ0n) is 7.66. The van der Waals surface area contributed by atoms with Crippen molar-refractivity contribution in [3.8, 4) is 0 Å². The molecule has 0 unspecified atom stereocenters. The van der Waals surface area contributed by atoms with Crippen molar-refractivity contribution < 1.29 is 169 Å². The van der Waals surface area contributed by atoms with E-state index in [0.29, 0.717) is 0 Å². The van der Waals surface area contributed by atoms with Gasteiger partial charge in [0.1, 0.15) is 0 Å². The minimum atomic E-state index is -5.39. The molecule has 1 radical (unpaired) electrons. The van der Waals surface area contributed by atoms with Gasteiger partial charge in [0.05, 0.1) is 0 Å². The van der Waals surface area contributed by atoms with E-state index in [4.69, 9.17) is 38.5 Å². The van der Waals surface area contributed by atoms with Gasteiger partial charge in [0, 0.05) is 0 Å². The standard InChI is InChI=1S/Ce.3Na.2H3O4P/c;;;;2*1-5(2,3)4/h;;;;2*(H3,1,2,3,4)/q+3;3*+1;;/p-6. The summed E-state index contributed by atoms with van der Waals surface area (Å²) >= 11 is 0. The van der Waals surface area contributed by atoms with Crippen LogP contribution in [-0.4, -0.2) is 0 Å². The van der Waals surface area contributed by atoms with Crippen molar-refractivity contribution in [3.05, 3.63) is 0 Å². The Morgan fingerprint density at radius 3 is 0.571 bits per heavy atom. The van der Waals surface area contributed by atoms with Gasteiger partial charge in [0.2, 0.25) is 0 Å². The number of rotatable bonds is 0. The molecule has 0 bridgehead atoms. The van der Waals surface area contributed by atoms with Crippen LogP contribution in [-0.2, 0) is 9.13 Å². The van der Waals surface area contributed by atoms with Crippen LogP contribution in [0.1, 0.15) is 0 Å². The molecule has 0 aliphatic heterocycles. The second-order valence-electron chi connectivity index (χ2n) is 0.894. The van der Waals surface area contributed by atoms with Gasteiger partial charge < -0.3 is 38.5 Å². The summed E-state index contributed by atoms with van der Waals surface area (Å²) < 4.78 is 17.1. The van der Waals surface area contributed by atoms with Crippen LogP contribution in [0.25, 0.3) is 0 Å². The number of hydrogen-bond acceptors (Lipinski definition) is 8. The van der Waals surface area contributed by atoms with Gasteiger partial charge in [0.15, 0.2) is 0 Å². The summed E-state index contributed by atoms with van der Waals surface area (Å²) in [6.07, 6.45) is 0. The molecule has 0 aromatic heterocycles. The van der Waals surface area contributed by atoms with Gasteiger partial charge >= 0.3 is 130 Å². The first-order valence-electron chi connectivity index (χ1n) is 1.46. The molecule has 14 heteroatoms. The Kier molecular flexibility index (Phi) is 45.6. The minimum absolute atomic E-state index is 0. The fourth-order valence-corrected chi connectivity index (χ4v) is 0. The van der Waals surface area contributed by atoms with E-state index in [0.717, 1.165) is 0 Å². The average Bonchev–Trinajstić information content (AvgIpc) is 1.12. The molecule has 0 N–H and O–H groups in total. The van der Waals surface area contributed by atoms with Gasteiger partial charge in [-0.3, -0.25) is 0 Å². The number of hydrogen-bond donors (Lipinski definition) is 0. The SMILES string of the molecule is O=P([O-])([O-])[O-].O=P([O-])([O-])[O-].[Ce+3].[Na+].[Na+].[Na+]. The monoisotopic (exact) mass is 399 g/mol. The summed E-state index contributed by atoms with van der Waals surface area (Å²) in [6.45, 7) is 0. The van der Waals surface area contributed by atoms with Crippen molar-refractivity contribution in [2.45, 2.75) is 0 Å². The van der Waals surface area contributed by atoms with Crippen LogP contribution in [0.3, 0.4) is 0 Å². The fraction of sp³-hybridized carbons (Fsp3) is 0. The third-order valence-electron chi connectivity index (χ3n) is 0. The largest absolute Gasteiger partial charge is 3.00 e. The molecule has 0 rings (SSSR count). The van der Waals surface area contributed by atoms with E-state index in [2.05, 4.69) is 0 Å². The average molecular weight is 399 g/mol. The zero-order chi connectivity index (χ0) is 9.00. The van der Waals surface area contributed by atoms with Gasteiger partial charge in [-0.25, -0.2) is 0 Å². The molecule has 0 spiro atoms. The first kappa shape index (κ1) is 36.3. The van der Waals surface area contributed by atoms with Gasteiger partial charge in [-0.05, 0) is 0 Å². The van der Waals surface area contributed by atoms with Crippen molar-refractivity contribution in [1.29, 1.82) is 0 Å². The molecule has 0 fully saturated rings. The number of phosphoric acid groups is 2. The molecule has 0 saturated carbocycles. The van der Waals surface area contributed by atoms with Crippen molar-refractivity contribution in [2.24, 2.45) is 0 Å². The van der Waals surface area contributed by atoms with E-state index in [-0.39, 0.29) is 130 Å². The van der Waals surface area contributed by atoms with Gasteiger partial charge in [-0.1, -0.05) is 0 Å². The maximum absolute atomic E-state index is 8.55. The Balaban J connectivity index is -0.0000000178. The van der Waals surface area contributed by atoms with Crippen LogP contribution in [0.2, 0.25) is 0 Å². The topological polar surface area (TPSA) is 172 Å². The van der Waals surface area contributed by atoms with Gasteiger partial charge in [-0.15, -0.1) is 0 Å². The third-order valence-corrected chi connectivity index (χ3v) is 0. The van der Waals surface area contributed by atoms with Gasteiger partial charge in [0.25, 0.3) is 0 Å². The maximum Gasteiger partial charge on any atom is 3.00 e. The predicted molar refractivity (Wildman–Crippen MR) is 15.2 cm³/mol. The summed E-state index contributed by atoms with van der Waals surface area (Å²) in [5, 5.41) is 0. The van der Waals surface area contributed by atoms with Crippen LogP contribution in [0.5, 0.6) is 0 Å². The van der Waals surface area contributed by atoms with Crippen LogP contribution >= 0.6 is 15.6 Å². The normalized spacial score (nSPS) is 8.43. The Bertz CT molecular complexity index is 135. The van der Waals surface area contributed by atoms with Crippen LogP contribution in [0.15, 0.2) is 0 Å². The second-order valence-corrected chi connectivity index (χ2v) is 2.68. The van der Waals surface area contributed by atoms with E-state index in [1.165, 1.54) is 0 Å². The molecule has 0 aliphatic carbocycles. The predicted octanol–water partition coefficient (Wildman–Crippen LogP) is -14.6. The van der Waals surface area contributed by atoms with Crippen molar-refractivity contribution in [1.82, 2.24) is 0 Å². The van der Waals surface area contributed by atoms with Gasteiger partial charge in [-0.2, -0.15) is 15.6 Å². The molecule has 0 aromatic carbocycles.